The molecule has 1 saturated heterocycles. The monoisotopic (exact) mass is 365 g/mol. The van der Waals surface area contributed by atoms with Gasteiger partial charge < -0.3 is 5.32 Å². The highest BCUT2D eigenvalue weighted by molar-refractivity contribution is 14.1. The molecular formula is C11H13BrIN. The van der Waals surface area contributed by atoms with E-state index in [-0.39, 0.29) is 0 Å². The second-order valence-corrected chi connectivity index (χ2v) is 5.62. The molecule has 2 rings (SSSR count). The van der Waals surface area contributed by atoms with Gasteiger partial charge in [-0.3, -0.25) is 0 Å². The van der Waals surface area contributed by atoms with Gasteiger partial charge in [0.1, 0.15) is 0 Å². The van der Waals surface area contributed by atoms with Crippen molar-refractivity contribution in [3.63, 3.8) is 0 Å². The van der Waals surface area contributed by atoms with Gasteiger partial charge in [0, 0.05) is 21.4 Å². The second-order valence-electron chi connectivity index (χ2n) is 3.73. The summed E-state index contributed by atoms with van der Waals surface area (Å²) >= 11 is 5.94. The maximum atomic E-state index is 3.59. The molecule has 3 heteroatoms. The van der Waals surface area contributed by atoms with Gasteiger partial charge in [-0.1, -0.05) is 28.1 Å². The molecule has 1 aliphatic rings. The molecule has 0 aromatic heterocycles. The third-order valence-corrected chi connectivity index (χ3v) is 4.39. The molecule has 0 amide bonds. The summed E-state index contributed by atoms with van der Waals surface area (Å²) in [6.45, 7) is 2.26. The van der Waals surface area contributed by atoms with Gasteiger partial charge >= 0.3 is 0 Å². The number of halogens is 2. The van der Waals surface area contributed by atoms with Crippen LogP contribution in [0.25, 0.3) is 0 Å². The number of rotatable bonds is 2. The van der Waals surface area contributed by atoms with E-state index in [0.717, 1.165) is 24.3 Å². The molecule has 14 heavy (non-hydrogen) atoms. The summed E-state index contributed by atoms with van der Waals surface area (Å²) in [6.07, 6.45) is 0. The highest BCUT2D eigenvalue weighted by Crippen LogP contribution is 2.29. The van der Waals surface area contributed by atoms with Crippen LogP contribution in [-0.4, -0.2) is 18.4 Å². The molecule has 2 unspecified atom stereocenters. The minimum absolute atomic E-state index is 0.686. The standard InChI is InChI=1S/C11H13BrIN/c12-5-9-6-14-7-11(9)8-1-3-10(13)4-2-8/h1-4,9,11,14H,5-7H2. The number of benzene rings is 1. The van der Waals surface area contributed by atoms with Crippen LogP contribution in [0.2, 0.25) is 0 Å². The summed E-state index contributed by atoms with van der Waals surface area (Å²) < 4.78 is 1.31. The number of nitrogens with one attached hydrogen (secondary N) is 1. The summed E-state index contributed by atoms with van der Waals surface area (Å²) in [5.41, 5.74) is 1.47. The highest BCUT2D eigenvalue weighted by atomic mass is 127. The molecule has 76 valence electrons. The van der Waals surface area contributed by atoms with Crippen LogP contribution in [0.4, 0.5) is 0 Å². The predicted molar refractivity (Wildman–Crippen MR) is 72.1 cm³/mol. The van der Waals surface area contributed by atoms with Gasteiger partial charge in [0.05, 0.1) is 0 Å². The molecule has 1 aromatic rings. The van der Waals surface area contributed by atoms with E-state index in [2.05, 4.69) is 68.1 Å². The van der Waals surface area contributed by atoms with Crippen LogP contribution in [0.15, 0.2) is 24.3 Å². The Kier molecular flexibility index (Phi) is 3.85. The van der Waals surface area contributed by atoms with Gasteiger partial charge in [-0.05, 0) is 52.7 Å². The molecule has 1 aromatic carbocycles. The molecule has 0 aliphatic carbocycles. The van der Waals surface area contributed by atoms with E-state index in [1.54, 1.807) is 0 Å². The third kappa shape index (κ3) is 2.31. The minimum atomic E-state index is 0.686. The average Bonchev–Trinajstić information content (AvgIpc) is 2.67. The van der Waals surface area contributed by atoms with Crippen LogP contribution in [0, 0.1) is 9.49 Å². The lowest BCUT2D eigenvalue weighted by Gasteiger charge is -2.16. The average molecular weight is 366 g/mol. The summed E-state index contributed by atoms with van der Waals surface area (Å²) in [5.74, 6) is 1.43. The van der Waals surface area contributed by atoms with Crippen molar-refractivity contribution in [2.45, 2.75) is 5.92 Å². The summed E-state index contributed by atoms with van der Waals surface area (Å²) in [6, 6.07) is 8.91. The van der Waals surface area contributed by atoms with Crippen molar-refractivity contribution in [3.8, 4) is 0 Å². The summed E-state index contributed by atoms with van der Waals surface area (Å²) in [5, 5.41) is 4.55. The molecular weight excluding hydrogens is 353 g/mol. The van der Waals surface area contributed by atoms with Crippen LogP contribution in [0.5, 0.6) is 0 Å². The fourth-order valence-corrected chi connectivity index (χ4v) is 3.03. The maximum absolute atomic E-state index is 3.59. The molecule has 1 N–H and O–H groups in total. The SMILES string of the molecule is BrCC1CNCC1c1ccc(I)cc1. The van der Waals surface area contributed by atoms with Gasteiger partial charge in [-0.2, -0.15) is 0 Å². The molecule has 1 aliphatic heterocycles. The minimum Gasteiger partial charge on any atom is -0.316 e. The van der Waals surface area contributed by atoms with Crippen molar-refractivity contribution in [2.75, 3.05) is 18.4 Å². The van der Waals surface area contributed by atoms with E-state index < -0.39 is 0 Å². The maximum Gasteiger partial charge on any atom is 0.0130 e. The van der Waals surface area contributed by atoms with Gasteiger partial charge in [-0.25, -0.2) is 0 Å². The van der Waals surface area contributed by atoms with E-state index >= 15 is 0 Å². The topological polar surface area (TPSA) is 12.0 Å². The molecule has 0 bridgehead atoms. The van der Waals surface area contributed by atoms with Crippen LogP contribution in [-0.2, 0) is 0 Å². The van der Waals surface area contributed by atoms with Gasteiger partial charge in [0.25, 0.3) is 0 Å². The Morgan fingerprint density at radius 1 is 1.29 bits per heavy atom. The fraction of sp³-hybridized carbons (Fsp3) is 0.455. The molecule has 2 atom stereocenters. The smallest absolute Gasteiger partial charge is 0.0130 e. The van der Waals surface area contributed by atoms with E-state index in [1.165, 1.54) is 9.13 Å². The quantitative estimate of drug-likeness (QED) is 0.627. The number of hydrogen-bond donors (Lipinski definition) is 1. The first kappa shape index (κ1) is 10.9. The molecule has 0 saturated carbocycles. The Morgan fingerprint density at radius 2 is 2.00 bits per heavy atom. The van der Waals surface area contributed by atoms with Crippen molar-refractivity contribution in [2.24, 2.45) is 5.92 Å². The normalized spacial score (nSPS) is 26.7. The van der Waals surface area contributed by atoms with E-state index in [9.17, 15) is 0 Å². The van der Waals surface area contributed by atoms with Crippen molar-refractivity contribution < 1.29 is 0 Å². The van der Waals surface area contributed by atoms with E-state index in [1.807, 2.05) is 0 Å². The van der Waals surface area contributed by atoms with Gasteiger partial charge in [0.15, 0.2) is 0 Å². The molecule has 0 radical (unpaired) electrons. The fourth-order valence-electron chi connectivity index (χ4n) is 2.00. The lowest BCUT2D eigenvalue weighted by molar-refractivity contribution is 0.585. The van der Waals surface area contributed by atoms with Crippen molar-refractivity contribution >= 4 is 38.5 Å². The molecule has 1 heterocycles. The van der Waals surface area contributed by atoms with Crippen LogP contribution >= 0.6 is 38.5 Å². The van der Waals surface area contributed by atoms with Gasteiger partial charge in [-0.15, -0.1) is 0 Å². The Labute approximate surface area is 107 Å². The van der Waals surface area contributed by atoms with Crippen molar-refractivity contribution in [1.82, 2.24) is 5.32 Å². The van der Waals surface area contributed by atoms with Gasteiger partial charge in [0.2, 0.25) is 0 Å². The lowest BCUT2D eigenvalue weighted by atomic mass is 9.90. The first-order valence-corrected chi connectivity index (χ1v) is 7.03. The largest absolute Gasteiger partial charge is 0.316 e. The molecule has 1 fully saturated rings. The molecule has 0 spiro atoms. The van der Waals surface area contributed by atoms with Crippen molar-refractivity contribution in [1.29, 1.82) is 0 Å². The van der Waals surface area contributed by atoms with Crippen LogP contribution < -0.4 is 5.32 Å². The van der Waals surface area contributed by atoms with Crippen LogP contribution in [0.1, 0.15) is 11.5 Å². The Morgan fingerprint density at radius 3 is 2.64 bits per heavy atom. The lowest BCUT2D eigenvalue weighted by Crippen LogP contribution is -2.11. The van der Waals surface area contributed by atoms with E-state index in [0.29, 0.717) is 5.92 Å². The number of hydrogen-bond acceptors (Lipinski definition) is 1. The Hall–Kier alpha value is 0.390. The highest BCUT2D eigenvalue weighted by Gasteiger charge is 2.26. The zero-order valence-corrected chi connectivity index (χ0v) is 11.6. The van der Waals surface area contributed by atoms with E-state index in [4.69, 9.17) is 0 Å². The van der Waals surface area contributed by atoms with Crippen molar-refractivity contribution in [3.05, 3.63) is 33.4 Å². The first-order valence-electron chi connectivity index (χ1n) is 4.83. The zero-order valence-electron chi connectivity index (χ0n) is 7.84. The Bertz CT molecular complexity index is 299. The summed E-state index contributed by atoms with van der Waals surface area (Å²) in [4.78, 5) is 0. The third-order valence-electron chi connectivity index (χ3n) is 2.84. The second kappa shape index (κ2) is 4.94. The zero-order chi connectivity index (χ0) is 9.97. The number of alkyl halides is 1. The molecule has 1 nitrogen and oxygen atoms in total. The Balaban J connectivity index is 2.17. The predicted octanol–water partition coefficient (Wildman–Crippen LogP) is 2.99. The van der Waals surface area contributed by atoms with Crippen LogP contribution in [0.3, 0.4) is 0 Å². The first-order chi connectivity index (χ1) is 6.81. The summed E-state index contributed by atoms with van der Waals surface area (Å²) in [7, 11) is 0.